The first-order chi connectivity index (χ1) is 11.9. The molecule has 0 fully saturated rings. The molecule has 0 aliphatic heterocycles. The van der Waals surface area contributed by atoms with E-state index in [-0.39, 0.29) is 11.4 Å². The molecule has 1 aromatic heterocycles. The molecule has 25 heavy (non-hydrogen) atoms. The van der Waals surface area contributed by atoms with Crippen LogP contribution in [0.3, 0.4) is 0 Å². The Hall–Kier alpha value is -2.29. The molecule has 3 rings (SSSR count). The van der Waals surface area contributed by atoms with Crippen molar-refractivity contribution in [1.29, 1.82) is 0 Å². The van der Waals surface area contributed by atoms with Gasteiger partial charge in [0.15, 0.2) is 5.82 Å². The van der Waals surface area contributed by atoms with E-state index in [9.17, 15) is 12.8 Å². The fourth-order valence-electron chi connectivity index (χ4n) is 2.14. The van der Waals surface area contributed by atoms with Crippen LogP contribution >= 0.6 is 11.6 Å². The van der Waals surface area contributed by atoms with Crippen LogP contribution in [0.5, 0.6) is 0 Å². The van der Waals surface area contributed by atoms with E-state index >= 15 is 0 Å². The Morgan fingerprint density at radius 2 is 1.76 bits per heavy atom. The molecule has 2 N–H and O–H groups in total. The molecule has 0 atom stereocenters. The van der Waals surface area contributed by atoms with E-state index in [0.717, 1.165) is 17.7 Å². The minimum Gasteiger partial charge on any atom is -0.263 e. The van der Waals surface area contributed by atoms with Crippen molar-refractivity contribution in [2.24, 2.45) is 0 Å². The van der Waals surface area contributed by atoms with Crippen molar-refractivity contribution in [2.75, 3.05) is 6.54 Å². The molecule has 2 aromatic carbocycles. The van der Waals surface area contributed by atoms with Crippen LogP contribution in [0.2, 0.25) is 5.02 Å². The van der Waals surface area contributed by atoms with Crippen molar-refractivity contribution in [3.8, 4) is 11.4 Å². The van der Waals surface area contributed by atoms with Crippen molar-refractivity contribution in [3.63, 3.8) is 0 Å². The van der Waals surface area contributed by atoms with Crippen LogP contribution in [0.25, 0.3) is 11.4 Å². The molecule has 3 aromatic rings. The molecule has 0 radical (unpaired) electrons. The number of hydrogen-bond donors (Lipinski definition) is 2. The smallest absolute Gasteiger partial charge is 0.240 e. The van der Waals surface area contributed by atoms with Gasteiger partial charge < -0.3 is 0 Å². The van der Waals surface area contributed by atoms with E-state index in [4.69, 9.17) is 11.6 Å². The molecule has 6 nitrogen and oxygen atoms in total. The molecule has 0 aliphatic rings. The molecule has 130 valence electrons. The molecular formula is C16H14ClFN4O2S. The molecule has 0 saturated heterocycles. The minimum absolute atomic E-state index is 0.00771. The lowest BCUT2D eigenvalue weighted by atomic mass is 10.2. The van der Waals surface area contributed by atoms with Crippen molar-refractivity contribution in [1.82, 2.24) is 19.9 Å². The Bertz CT molecular complexity index is 957. The van der Waals surface area contributed by atoms with Crippen LogP contribution in [0.4, 0.5) is 4.39 Å². The second-order valence-corrected chi connectivity index (χ2v) is 7.42. The first-order valence-corrected chi connectivity index (χ1v) is 9.22. The Balaban J connectivity index is 1.61. The maximum absolute atomic E-state index is 12.9. The van der Waals surface area contributed by atoms with Gasteiger partial charge in [-0.1, -0.05) is 11.6 Å². The van der Waals surface area contributed by atoms with Crippen molar-refractivity contribution < 1.29 is 12.8 Å². The first kappa shape index (κ1) is 17.5. The number of benzene rings is 2. The predicted molar refractivity (Wildman–Crippen MR) is 92.1 cm³/mol. The predicted octanol–water partition coefficient (Wildman–Crippen LogP) is 2.79. The number of aromatic nitrogens is 3. The minimum atomic E-state index is -3.69. The van der Waals surface area contributed by atoms with E-state index in [1.807, 2.05) is 0 Å². The van der Waals surface area contributed by atoms with Crippen LogP contribution in [0.15, 0.2) is 53.4 Å². The van der Waals surface area contributed by atoms with Gasteiger partial charge in [0.2, 0.25) is 10.0 Å². The van der Waals surface area contributed by atoms with E-state index in [0.29, 0.717) is 23.1 Å². The zero-order valence-electron chi connectivity index (χ0n) is 12.9. The average molecular weight is 381 g/mol. The number of nitrogens with one attached hydrogen (secondary N) is 2. The molecule has 0 bridgehead atoms. The topological polar surface area (TPSA) is 87.7 Å². The first-order valence-electron chi connectivity index (χ1n) is 7.36. The maximum Gasteiger partial charge on any atom is 0.240 e. The standard InChI is InChI=1S/C16H14ClFN4O2S/c17-12-3-1-11(2-4-12)16-20-15(21-22-16)9-10-19-25(23,24)14-7-5-13(18)6-8-14/h1-8,19H,9-10H2,(H,20,21,22). The SMILES string of the molecule is O=S(=O)(NCCc1nc(-c2ccc(Cl)cc2)n[nH]1)c1ccc(F)cc1. The van der Waals surface area contributed by atoms with E-state index in [1.165, 1.54) is 12.1 Å². The maximum atomic E-state index is 12.9. The Labute approximate surface area is 149 Å². The molecule has 0 aliphatic carbocycles. The number of H-pyrrole nitrogens is 1. The largest absolute Gasteiger partial charge is 0.263 e. The number of sulfonamides is 1. The van der Waals surface area contributed by atoms with Crippen LogP contribution < -0.4 is 4.72 Å². The fraction of sp³-hybridized carbons (Fsp3) is 0.125. The highest BCUT2D eigenvalue weighted by atomic mass is 35.5. The molecule has 0 saturated carbocycles. The monoisotopic (exact) mass is 380 g/mol. The number of rotatable bonds is 6. The normalized spacial score (nSPS) is 11.6. The quantitative estimate of drug-likeness (QED) is 0.688. The highest BCUT2D eigenvalue weighted by molar-refractivity contribution is 7.89. The summed E-state index contributed by atoms with van der Waals surface area (Å²) in [6.45, 7) is 0.134. The summed E-state index contributed by atoms with van der Waals surface area (Å²) in [6.07, 6.45) is 0.334. The van der Waals surface area contributed by atoms with Gasteiger partial charge in [-0.2, -0.15) is 5.10 Å². The van der Waals surface area contributed by atoms with Crippen molar-refractivity contribution in [2.45, 2.75) is 11.3 Å². The van der Waals surface area contributed by atoms with Crippen molar-refractivity contribution >= 4 is 21.6 Å². The Morgan fingerprint density at radius 1 is 1.08 bits per heavy atom. The zero-order chi connectivity index (χ0) is 17.9. The third-order valence-corrected chi connectivity index (χ3v) is 5.14. The van der Waals surface area contributed by atoms with Crippen LogP contribution in [0, 0.1) is 5.82 Å². The third-order valence-electron chi connectivity index (χ3n) is 3.41. The number of hydrogen-bond acceptors (Lipinski definition) is 4. The summed E-state index contributed by atoms with van der Waals surface area (Å²) >= 11 is 5.84. The van der Waals surface area contributed by atoms with Crippen LogP contribution in [0.1, 0.15) is 5.82 Å². The van der Waals surface area contributed by atoms with Gasteiger partial charge in [0.25, 0.3) is 0 Å². The lowest BCUT2D eigenvalue weighted by Gasteiger charge is -2.05. The summed E-state index contributed by atoms with van der Waals surface area (Å²) < 4.78 is 39.5. The number of halogens is 2. The average Bonchev–Trinajstić information content (AvgIpc) is 3.04. The second kappa shape index (κ2) is 7.30. The second-order valence-electron chi connectivity index (χ2n) is 5.21. The molecule has 0 spiro atoms. The fourth-order valence-corrected chi connectivity index (χ4v) is 3.29. The highest BCUT2D eigenvalue weighted by Crippen LogP contribution is 2.17. The highest BCUT2D eigenvalue weighted by Gasteiger charge is 2.14. The van der Waals surface area contributed by atoms with Gasteiger partial charge >= 0.3 is 0 Å². The van der Waals surface area contributed by atoms with Gasteiger partial charge in [0, 0.05) is 23.6 Å². The van der Waals surface area contributed by atoms with E-state index in [2.05, 4.69) is 19.9 Å². The molecule has 9 heteroatoms. The van der Waals surface area contributed by atoms with E-state index in [1.54, 1.807) is 24.3 Å². The van der Waals surface area contributed by atoms with Gasteiger partial charge in [-0.3, -0.25) is 5.10 Å². The third kappa shape index (κ3) is 4.41. The lowest BCUT2D eigenvalue weighted by molar-refractivity contribution is 0.580. The number of nitrogens with zero attached hydrogens (tertiary/aromatic N) is 2. The summed E-state index contributed by atoms with van der Waals surface area (Å²) in [4.78, 5) is 4.33. The van der Waals surface area contributed by atoms with Gasteiger partial charge in [0.05, 0.1) is 4.90 Å². The molecular weight excluding hydrogens is 367 g/mol. The molecule has 0 amide bonds. The molecule has 1 heterocycles. The summed E-state index contributed by atoms with van der Waals surface area (Å²) in [5.41, 5.74) is 0.804. The molecule has 0 unspecified atom stereocenters. The van der Waals surface area contributed by atoms with E-state index < -0.39 is 15.8 Å². The van der Waals surface area contributed by atoms with Gasteiger partial charge in [-0.25, -0.2) is 22.5 Å². The Kier molecular flexibility index (Phi) is 5.12. The van der Waals surface area contributed by atoms with Gasteiger partial charge in [-0.05, 0) is 48.5 Å². The van der Waals surface area contributed by atoms with Crippen LogP contribution in [-0.2, 0) is 16.4 Å². The zero-order valence-corrected chi connectivity index (χ0v) is 14.5. The van der Waals surface area contributed by atoms with Gasteiger partial charge in [0.1, 0.15) is 11.6 Å². The number of aromatic amines is 1. The summed E-state index contributed by atoms with van der Waals surface area (Å²) in [6, 6.07) is 11.7. The Morgan fingerprint density at radius 3 is 2.44 bits per heavy atom. The lowest BCUT2D eigenvalue weighted by Crippen LogP contribution is -2.26. The summed E-state index contributed by atoms with van der Waals surface area (Å²) in [7, 11) is -3.69. The van der Waals surface area contributed by atoms with Gasteiger partial charge in [-0.15, -0.1) is 0 Å². The van der Waals surface area contributed by atoms with Crippen LogP contribution in [-0.4, -0.2) is 30.1 Å². The van der Waals surface area contributed by atoms with Crippen molar-refractivity contribution in [3.05, 3.63) is 65.2 Å². The summed E-state index contributed by atoms with van der Waals surface area (Å²) in [5.74, 6) is 0.565. The summed E-state index contributed by atoms with van der Waals surface area (Å²) in [5, 5.41) is 7.49.